The van der Waals surface area contributed by atoms with Crippen LogP contribution in [-0.2, 0) is 4.79 Å². The zero-order valence-electron chi connectivity index (χ0n) is 12.1. The molecule has 4 N–H and O–H groups in total. The van der Waals surface area contributed by atoms with Crippen LogP contribution in [0, 0.1) is 5.92 Å². The van der Waals surface area contributed by atoms with E-state index >= 15 is 0 Å². The van der Waals surface area contributed by atoms with Crippen LogP contribution in [0.1, 0.15) is 26.7 Å². The molecule has 0 aliphatic heterocycles. The molecule has 1 aromatic carbocycles. The number of aliphatic hydroxyl groups excluding tert-OH is 1. The lowest BCUT2D eigenvalue weighted by atomic mass is 10.0. The highest BCUT2D eigenvalue weighted by Crippen LogP contribution is 2.13. The summed E-state index contributed by atoms with van der Waals surface area (Å²) in [7, 11) is 0. The lowest BCUT2D eigenvalue weighted by molar-refractivity contribution is -0.122. The first-order chi connectivity index (χ1) is 9.52. The van der Waals surface area contributed by atoms with Gasteiger partial charge < -0.3 is 20.9 Å². The van der Waals surface area contributed by atoms with Crippen molar-refractivity contribution >= 4 is 11.6 Å². The number of aliphatic hydroxyl groups is 1. The largest absolute Gasteiger partial charge is 0.493 e. The number of carbonyl (C=O) groups excluding carboxylic acids is 1. The molecule has 1 rings (SSSR count). The van der Waals surface area contributed by atoms with Crippen molar-refractivity contribution in [3.05, 3.63) is 24.3 Å². The normalized spacial score (nSPS) is 12.2. The topological polar surface area (TPSA) is 84.6 Å². The minimum atomic E-state index is -0.0624. The minimum absolute atomic E-state index is 0.00373. The zero-order valence-corrected chi connectivity index (χ0v) is 12.1. The highest BCUT2D eigenvalue weighted by atomic mass is 16.5. The summed E-state index contributed by atoms with van der Waals surface area (Å²) in [5.41, 5.74) is 6.25. The van der Waals surface area contributed by atoms with Crippen LogP contribution in [0.2, 0.25) is 0 Å². The van der Waals surface area contributed by atoms with Crippen LogP contribution in [0.25, 0.3) is 0 Å². The van der Waals surface area contributed by atoms with E-state index in [1.807, 2.05) is 13.8 Å². The summed E-state index contributed by atoms with van der Waals surface area (Å²) < 4.78 is 5.47. The van der Waals surface area contributed by atoms with E-state index in [2.05, 4.69) is 5.32 Å². The Balaban J connectivity index is 2.30. The van der Waals surface area contributed by atoms with Gasteiger partial charge in [-0.1, -0.05) is 13.8 Å². The Bertz CT molecular complexity index is 404. The number of benzene rings is 1. The first kappa shape index (κ1) is 16.3. The van der Waals surface area contributed by atoms with Gasteiger partial charge in [-0.15, -0.1) is 0 Å². The van der Waals surface area contributed by atoms with E-state index in [1.54, 1.807) is 24.3 Å². The third-order valence-corrected chi connectivity index (χ3v) is 3.07. The number of carbonyl (C=O) groups is 1. The summed E-state index contributed by atoms with van der Waals surface area (Å²) in [5, 5.41) is 11.9. The number of ether oxygens (including phenoxy) is 1. The smallest absolute Gasteiger partial charge is 0.223 e. The van der Waals surface area contributed by atoms with Gasteiger partial charge in [0.2, 0.25) is 5.91 Å². The summed E-state index contributed by atoms with van der Waals surface area (Å²) in [5.74, 6) is 0.930. The van der Waals surface area contributed by atoms with Gasteiger partial charge in [0.1, 0.15) is 5.75 Å². The molecule has 5 nitrogen and oxygen atoms in total. The van der Waals surface area contributed by atoms with Crippen LogP contribution >= 0.6 is 0 Å². The molecule has 0 aliphatic carbocycles. The second-order valence-electron chi connectivity index (χ2n) is 5.10. The number of nitrogens with two attached hydrogens (primary N) is 1. The molecule has 5 heteroatoms. The van der Waals surface area contributed by atoms with E-state index in [-0.39, 0.29) is 18.6 Å². The molecule has 0 radical (unpaired) electrons. The van der Waals surface area contributed by atoms with Crippen LogP contribution in [0.4, 0.5) is 5.69 Å². The van der Waals surface area contributed by atoms with E-state index in [0.29, 0.717) is 36.8 Å². The number of hydrogen-bond donors (Lipinski definition) is 3. The van der Waals surface area contributed by atoms with Gasteiger partial charge >= 0.3 is 0 Å². The predicted octanol–water partition coefficient (Wildman–Crippen LogP) is 1.56. The summed E-state index contributed by atoms with van der Waals surface area (Å²) in [6.07, 6.45) is 0.862. The molecule has 0 saturated carbocycles. The SMILES string of the molecule is CC(C)C(CCO)NC(=O)CCOc1ccc(N)cc1. The molecule has 1 aromatic rings. The number of nitrogens with one attached hydrogen (secondary N) is 1. The Labute approximate surface area is 120 Å². The van der Waals surface area contributed by atoms with Gasteiger partial charge in [-0.05, 0) is 36.6 Å². The summed E-state index contributed by atoms with van der Waals surface area (Å²) in [6.45, 7) is 4.43. The third kappa shape index (κ3) is 5.93. The van der Waals surface area contributed by atoms with Crippen LogP contribution in [0.5, 0.6) is 5.75 Å². The van der Waals surface area contributed by atoms with Crippen molar-refractivity contribution in [1.29, 1.82) is 0 Å². The van der Waals surface area contributed by atoms with Crippen molar-refractivity contribution in [2.75, 3.05) is 18.9 Å². The van der Waals surface area contributed by atoms with Gasteiger partial charge in [-0.2, -0.15) is 0 Å². The third-order valence-electron chi connectivity index (χ3n) is 3.07. The molecular weight excluding hydrogens is 256 g/mol. The Hall–Kier alpha value is -1.75. The molecule has 1 amide bonds. The van der Waals surface area contributed by atoms with Gasteiger partial charge in [-0.3, -0.25) is 4.79 Å². The highest BCUT2D eigenvalue weighted by molar-refractivity contribution is 5.76. The first-order valence-corrected chi connectivity index (χ1v) is 6.91. The van der Waals surface area contributed by atoms with Crippen LogP contribution < -0.4 is 15.8 Å². The number of anilines is 1. The van der Waals surface area contributed by atoms with E-state index in [9.17, 15) is 4.79 Å². The average molecular weight is 280 g/mol. The molecule has 1 unspecified atom stereocenters. The number of rotatable bonds is 8. The Morgan fingerprint density at radius 1 is 1.35 bits per heavy atom. The molecule has 0 aliphatic rings. The second kappa shape index (κ2) is 8.43. The maximum Gasteiger partial charge on any atom is 0.223 e. The monoisotopic (exact) mass is 280 g/mol. The summed E-state index contributed by atoms with van der Waals surface area (Å²) in [4.78, 5) is 11.8. The maximum absolute atomic E-state index is 11.8. The van der Waals surface area contributed by atoms with Crippen molar-refractivity contribution in [2.45, 2.75) is 32.7 Å². The van der Waals surface area contributed by atoms with Crippen molar-refractivity contribution < 1.29 is 14.6 Å². The zero-order chi connectivity index (χ0) is 15.0. The van der Waals surface area contributed by atoms with E-state index in [0.717, 1.165) is 0 Å². The number of nitrogen functional groups attached to an aromatic ring is 1. The van der Waals surface area contributed by atoms with Crippen molar-refractivity contribution in [3.8, 4) is 5.75 Å². The fourth-order valence-corrected chi connectivity index (χ4v) is 1.82. The minimum Gasteiger partial charge on any atom is -0.493 e. The molecule has 112 valence electrons. The average Bonchev–Trinajstić information content (AvgIpc) is 2.40. The Morgan fingerprint density at radius 2 is 2.00 bits per heavy atom. The summed E-state index contributed by atoms with van der Waals surface area (Å²) in [6, 6.07) is 7.06. The van der Waals surface area contributed by atoms with Crippen molar-refractivity contribution in [3.63, 3.8) is 0 Å². The van der Waals surface area contributed by atoms with Gasteiger partial charge in [0.05, 0.1) is 13.0 Å². The predicted molar refractivity (Wildman–Crippen MR) is 79.4 cm³/mol. The van der Waals surface area contributed by atoms with Crippen LogP contribution in [-0.4, -0.2) is 30.3 Å². The van der Waals surface area contributed by atoms with Crippen LogP contribution in [0.15, 0.2) is 24.3 Å². The Kier molecular flexibility index (Phi) is 6.87. The fourth-order valence-electron chi connectivity index (χ4n) is 1.82. The molecule has 0 heterocycles. The molecule has 0 aromatic heterocycles. The molecule has 20 heavy (non-hydrogen) atoms. The quantitative estimate of drug-likeness (QED) is 0.631. The van der Waals surface area contributed by atoms with Gasteiger partial charge in [0.15, 0.2) is 0 Å². The number of amides is 1. The second-order valence-corrected chi connectivity index (χ2v) is 5.10. The highest BCUT2D eigenvalue weighted by Gasteiger charge is 2.15. The Morgan fingerprint density at radius 3 is 2.55 bits per heavy atom. The van der Waals surface area contributed by atoms with Crippen molar-refractivity contribution in [1.82, 2.24) is 5.32 Å². The van der Waals surface area contributed by atoms with E-state index < -0.39 is 0 Å². The lowest BCUT2D eigenvalue weighted by Gasteiger charge is -2.21. The molecule has 0 fully saturated rings. The van der Waals surface area contributed by atoms with E-state index in [4.69, 9.17) is 15.6 Å². The number of hydrogen-bond acceptors (Lipinski definition) is 4. The van der Waals surface area contributed by atoms with Gasteiger partial charge in [-0.25, -0.2) is 0 Å². The fraction of sp³-hybridized carbons (Fsp3) is 0.533. The molecule has 0 saturated heterocycles. The van der Waals surface area contributed by atoms with Crippen LogP contribution in [0.3, 0.4) is 0 Å². The lowest BCUT2D eigenvalue weighted by Crippen LogP contribution is -2.39. The first-order valence-electron chi connectivity index (χ1n) is 6.91. The molecular formula is C15H24N2O3. The van der Waals surface area contributed by atoms with Gasteiger partial charge in [0, 0.05) is 18.3 Å². The van der Waals surface area contributed by atoms with E-state index in [1.165, 1.54) is 0 Å². The standard InChI is InChI=1S/C15H24N2O3/c1-11(2)14(7-9-18)17-15(19)8-10-20-13-5-3-12(16)4-6-13/h3-6,11,14,18H,7-10,16H2,1-2H3,(H,17,19). The molecule has 0 spiro atoms. The molecule has 1 atom stereocenters. The summed E-state index contributed by atoms with van der Waals surface area (Å²) >= 11 is 0. The molecule has 0 bridgehead atoms. The van der Waals surface area contributed by atoms with Gasteiger partial charge in [0.25, 0.3) is 0 Å². The van der Waals surface area contributed by atoms with Crippen molar-refractivity contribution in [2.24, 2.45) is 5.92 Å². The maximum atomic E-state index is 11.8.